The molecule has 0 saturated heterocycles. The lowest BCUT2D eigenvalue weighted by molar-refractivity contribution is 0.415. The molecule has 0 aliphatic rings. The number of ether oxygens (including phenoxy) is 1. The van der Waals surface area contributed by atoms with Gasteiger partial charge < -0.3 is 14.6 Å². The van der Waals surface area contributed by atoms with Gasteiger partial charge in [-0.05, 0) is 35.9 Å². The lowest BCUT2D eigenvalue weighted by Crippen LogP contribution is -2.18. The second-order valence-electron chi connectivity index (χ2n) is 5.21. The van der Waals surface area contributed by atoms with Crippen molar-refractivity contribution in [1.82, 2.24) is 9.71 Å². The summed E-state index contributed by atoms with van der Waals surface area (Å²) >= 11 is -1.15. The van der Waals surface area contributed by atoms with Crippen molar-refractivity contribution in [2.45, 2.75) is 11.4 Å². The van der Waals surface area contributed by atoms with Crippen LogP contribution >= 0.6 is 0 Å². The molecule has 1 unspecified atom stereocenters. The third-order valence-corrected chi connectivity index (χ3v) is 4.83. The molecule has 0 spiro atoms. The van der Waals surface area contributed by atoms with E-state index in [-0.39, 0.29) is 0 Å². The highest BCUT2D eigenvalue weighted by atomic mass is 32.2. The fourth-order valence-electron chi connectivity index (χ4n) is 2.46. The molecule has 0 saturated carbocycles. The smallest absolute Gasteiger partial charge is 0.173 e. The number of fused-ring (bicyclic) bond motifs is 1. The first-order valence-electron chi connectivity index (χ1n) is 7.56. The third-order valence-electron chi connectivity index (χ3n) is 3.76. The summed E-state index contributed by atoms with van der Waals surface area (Å²) in [5, 5.41) is 4.48. The molecule has 24 heavy (non-hydrogen) atoms. The van der Waals surface area contributed by atoms with Gasteiger partial charge in [-0.25, -0.2) is 0 Å². The zero-order valence-corrected chi connectivity index (χ0v) is 14.4. The number of anilines is 1. The van der Waals surface area contributed by atoms with Crippen molar-refractivity contribution in [1.29, 1.82) is 0 Å². The van der Waals surface area contributed by atoms with Crippen molar-refractivity contribution in [3.63, 3.8) is 0 Å². The number of benzene rings is 2. The molecule has 5 nitrogen and oxygen atoms in total. The molecule has 1 heterocycles. The summed E-state index contributed by atoms with van der Waals surface area (Å²) in [4.78, 5) is 5.15. The molecule has 0 amide bonds. The third kappa shape index (κ3) is 3.62. The van der Waals surface area contributed by atoms with Crippen molar-refractivity contribution in [2.75, 3.05) is 19.5 Å². The van der Waals surface area contributed by atoms with Gasteiger partial charge in [-0.15, -0.1) is 4.72 Å². The van der Waals surface area contributed by atoms with E-state index in [4.69, 9.17) is 4.74 Å². The van der Waals surface area contributed by atoms with E-state index < -0.39 is 11.4 Å². The first-order chi connectivity index (χ1) is 11.7. The lowest BCUT2D eigenvalue weighted by Gasteiger charge is -2.11. The molecule has 0 radical (unpaired) electrons. The van der Waals surface area contributed by atoms with Crippen LogP contribution in [-0.4, -0.2) is 23.7 Å². The van der Waals surface area contributed by atoms with Crippen molar-refractivity contribution >= 4 is 28.0 Å². The van der Waals surface area contributed by atoms with Crippen LogP contribution in [0.25, 0.3) is 10.9 Å². The van der Waals surface area contributed by atoms with E-state index in [9.17, 15) is 4.55 Å². The normalized spacial score (nSPS) is 12.1. The fraction of sp³-hybridized carbons (Fsp3) is 0.167. The minimum absolute atomic E-state index is 0.678. The highest BCUT2D eigenvalue weighted by Gasteiger charge is 2.08. The van der Waals surface area contributed by atoms with Gasteiger partial charge in [-0.2, -0.15) is 0 Å². The van der Waals surface area contributed by atoms with Crippen LogP contribution in [0.1, 0.15) is 5.56 Å². The molecule has 6 heteroatoms. The van der Waals surface area contributed by atoms with Crippen LogP contribution in [0.4, 0.5) is 5.69 Å². The number of aromatic nitrogens is 1. The average Bonchev–Trinajstić information content (AvgIpc) is 2.65. The largest absolute Gasteiger partial charge is 0.593 e. The lowest BCUT2D eigenvalue weighted by atomic mass is 10.1. The first-order valence-corrected chi connectivity index (χ1v) is 8.71. The van der Waals surface area contributed by atoms with Crippen LogP contribution in [0.15, 0.2) is 59.6 Å². The quantitative estimate of drug-likeness (QED) is 0.674. The molecule has 1 atom stereocenters. The Morgan fingerprint density at radius 2 is 1.92 bits per heavy atom. The van der Waals surface area contributed by atoms with E-state index >= 15 is 0 Å². The summed E-state index contributed by atoms with van der Waals surface area (Å²) < 4.78 is 19.6. The number of pyridine rings is 1. The van der Waals surface area contributed by atoms with Gasteiger partial charge in [0.15, 0.2) is 4.90 Å². The van der Waals surface area contributed by atoms with Crippen molar-refractivity contribution in [3.05, 3.63) is 60.3 Å². The van der Waals surface area contributed by atoms with Crippen LogP contribution < -0.4 is 14.8 Å². The maximum Gasteiger partial charge on any atom is 0.173 e. The number of nitrogens with zero attached hydrogens (tertiary/aromatic N) is 1. The Morgan fingerprint density at radius 1 is 1.12 bits per heavy atom. The summed E-state index contributed by atoms with van der Waals surface area (Å²) in [5.74, 6) is 0.792. The first kappa shape index (κ1) is 16.6. The van der Waals surface area contributed by atoms with Gasteiger partial charge in [0.25, 0.3) is 0 Å². The topological polar surface area (TPSA) is 69.2 Å². The van der Waals surface area contributed by atoms with Crippen LogP contribution in [0, 0.1) is 0 Å². The molecule has 3 rings (SSSR count). The zero-order chi connectivity index (χ0) is 16.9. The summed E-state index contributed by atoms with van der Waals surface area (Å²) in [6, 6.07) is 15.5. The predicted octanol–water partition coefficient (Wildman–Crippen LogP) is 3.10. The Balaban J connectivity index is 1.76. The van der Waals surface area contributed by atoms with E-state index in [0.29, 0.717) is 6.54 Å². The minimum Gasteiger partial charge on any atom is -0.593 e. The van der Waals surface area contributed by atoms with E-state index in [2.05, 4.69) is 15.0 Å². The van der Waals surface area contributed by atoms with Gasteiger partial charge in [0.1, 0.15) is 5.75 Å². The van der Waals surface area contributed by atoms with Crippen molar-refractivity contribution in [2.24, 2.45) is 0 Å². The van der Waals surface area contributed by atoms with Gasteiger partial charge in [-0.1, -0.05) is 12.1 Å². The Bertz CT molecular complexity index is 824. The highest BCUT2D eigenvalue weighted by molar-refractivity contribution is 7.89. The van der Waals surface area contributed by atoms with Gasteiger partial charge in [0.05, 0.1) is 24.0 Å². The van der Waals surface area contributed by atoms with E-state index in [1.165, 1.54) is 0 Å². The number of methoxy groups -OCH3 is 1. The Hall–Kier alpha value is -2.28. The Kier molecular flexibility index (Phi) is 5.20. The minimum atomic E-state index is -1.15. The monoisotopic (exact) mass is 341 g/mol. The zero-order valence-electron chi connectivity index (χ0n) is 13.6. The molecule has 124 valence electrons. The molecule has 2 aromatic carbocycles. The number of hydrogen-bond acceptors (Lipinski definition) is 5. The Morgan fingerprint density at radius 3 is 2.62 bits per heavy atom. The molecule has 0 bridgehead atoms. The predicted molar refractivity (Wildman–Crippen MR) is 97.5 cm³/mol. The van der Waals surface area contributed by atoms with Crippen LogP contribution in [0.3, 0.4) is 0 Å². The molecule has 2 N–H and O–H groups in total. The second-order valence-corrected chi connectivity index (χ2v) is 6.63. The van der Waals surface area contributed by atoms with Gasteiger partial charge >= 0.3 is 0 Å². The Labute approximate surface area is 144 Å². The van der Waals surface area contributed by atoms with Crippen LogP contribution in [0.5, 0.6) is 5.75 Å². The number of rotatable bonds is 6. The summed E-state index contributed by atoms with van der Waals surface area (Å²) in [5.41, 5.74) is 3.02. The number of nitrogens with one attached hydrogen (secondary N) is 2. The summed E-state index contributed by atoms with van der Waals surface area (Å²) in [6.07, 6.45) is 1.78. The molecule has 0 aliphatic heterocycles. The molecule has 3 aromatic rings. The van der Waals surface area contributed by atoms with Crippen molar-refractivity contribution in [3.8, 4) is 5.75 Å². The second kappa shape index (κ2) is 7.53. The maximum absolute atomic E-state index is 11.7. The van der Waals surface area contributed by atoms with Gasteiger partial charge in [-0.3, -0.25) is 4.98 Å². The van der Waals surface area contributed by atoms with E-state index in [1.54, 1.807) is 20.4 Å². The fourth-order valence-corrected chi connectivity index (χ4v) is 3.07. The molecule has 0 fully saturated rings. The molecule has 1 aromatic heterocycles. The summed E-state index contributed by atoms with van der Waals surface area (Å²) in [6.45, 7) is 0.678. The highest BCUT2D eigenvalue weighted by Crippen LogP contribution is 2.25. The SMILES string of the molecule is CN[S+]([O-])c1ccc(CNc2ccnc3cc(OC)ccc23)cc1. The van der Waals surface area contributed by atoms with E-state index in [1.807, 2.05) is 48.5 Å². The van der Waals surface area contributed by atoms with Crippen LogP contribution in [0.2, 0.25) is 0 Å². The average molecular weight is 341 g/mol. The van der Waals surface area contributed by atoms with Crippen molar-refractivity contribution < 1.29 is 9.29 Å². The molecular formula is C18H19N3O2S. The number of hydrogen-bond donors (Lipinski definition) is 2. The molecule has 0 aliphatic carbocycles. The summed E-state index contributed by atoms with van der Waals surface area (Å²) in [7, 11) is 3.32. The molecular weight excluding hydrogens is 322 g/mol. The maximum atomic E-state index is 11.7. The van der Waals surface area contributed by atoms with Gasteiger partial charge in [0.2, 0.25) is 0 Å². The van der Waals surface area contributed by atoms with Gasteiger partial charge in [0, 0.05) is 36.9 Å². The standard InChI is InChI=1S/C18H19N3O2S/c1-19-24(22)15-6-3-13(4-7-15)12-21-17-9-10-20-18-11-14(23-2)5-8-16(17)18/h3-11,19H,12H2,1-2H3,(H,20,21). The van der Waals surface area contributed by atoms with Crippen LogP contribution in [-0.2, 0) is 17.9 Å². The van der Waals surface area contributed by atoms with E-state index in [0.717, 1.165) is 32.8 Å².